The molecule has 2 N–H and O–H groups in total. The predicted molar refractivity (Wildman–Crippen MR) is 64.5 cm³/mol. The van der Waals surface area contributed by atoms with E-state index in [-0.39, 0.29) is 11.8 Å². The van der Waals surface area contributed by atoms with E-state index in [0.29, 0.717) is 12.6 Å². The Hall–Kier alpha value is -0.610. The van der Waals surface area contributed by atoms with Crippen molar-refractivity contribution in [3.63, 3.8) is 0 Å². The maximum absolute atomic E-state index is 11.0. The Labute approximate surface area is 98.0 Å². The highest BCUT2D eigenvalue weighted by Gasteiger charge is 2.23. The van der Waals surface area contributed by atoms with Gasteiger partial charge in [0.05, 0.1) is 5.92 Å². The summed E-state index contributed by atoms with van der Waals surface area (Å²) in [6.07, 6.45) is 2.36. The van der Waals surface area contributed by atoms with E-state index >= 15 is 0 Å². The molecule has 0 saturated carbocycles. The molecule has 94 valence electrons. The Morgan fingerprint density at radius 2 is 2.25 bits per heavy atom. The number of carboxylic acids is 1. The number of piperidine rings is 1. The third kappa shape index (κ3) is 4.10. The van der Waals surface area contributed by atoms with Crippen molar-refractivity contribution in [3.8, 4) is 0 Å². The first-order valence-corrected chi connectivity index (χ1v) is 6.15. The zero-order valence-electron chi connectivity index (χ0n) is 10.6. The fourth-order valence-corrected chi connectivity index (χ4v) is 2.23. The number of likely N-dealkylation sites (tertiary alicyclic amines) is 1. The first kappa shape index (κ1) is 13.5. The number of hydrogen-bond donors (Lipinski definition) is 2. The topological polar surface area (TPSA) is 52.6 Å². The SMILES string of the molecule is CC(C)C(CNC1CCCN(C)C1)C(=O)O. The van der Waals surface area contributed by atoms with E-state index in [9.17, 15) is 4.79 Å². The van der Waals surface area contributed by atoms with E-state index in [0.717, 1.165) is 19.5 Å². The molecular formula is C12H24N2O2. The number of nitrogens with zero attached hydrogens (tertiary/aromatic N) is 1. The van der Waals surface area contributed by atoms with Gasteiger partial charge in [-0.1, -0.05) is 13.8 Å². The molecule has 2 unspecified atom stereocenters. The summed E-state index contributed by atoms with van der Waals surface area (Å²) in [6, 6.07) is 0.458. The predicted octanol–water partition coefficient (Wildman–Crippen LogP) is 1.03. The van der Waals surface area contributed by atoms with Crippen LogP contribution in [-0.2, 0) is 4.79 Å². The summed E-state index contributed by atoms with van der Waals surface area (Å²) >= 11 is 0. The van der Waals surface area contributed by atoms with Crippen LogP contribution in [0.1, 0.15) is 26.7 Å². The number of aliphatic carboxylic acids is 1. The van der Waals surface area contributed by atoms with E-state index in [1.54, 1.807) is 0 Å². The number of nitrogens with one attached hydrogen (secondary N) is 1. The molecule has 1 saturated heterocycles. The van der Waals surface area contributed by atoms with E-state index in [4.69, 9.17) is 5.11 Å². The van der Waals surface area contributed by atoms with Crippen LogP contribution in [0.15, 0.2) is 0 Å². The van der Waals surface area contributed by atoms with Gasteiger partial charge < -0.3 is 15.3 Å². The van der Waals surface area contributed by atoms with Crippen LogP contribution in [-0.4, -0.2) is 48.7 Å². The maximum atomic E-state index is 11.0. The van der Waals surface area contributed by atoms with Gasteiger partial charge in [0.25, 0.3) is 0 Å². The van der Waals surface area contributed by atoms with E-state index in [1.165, 1.54) is 6.42 Å². The molecule has 0 aromatic carbocycles. The molecule has 0 aliphatic carbocycles. The lowest BCUT2D eigenvalue weighted by molar-refractivity contribution is -0.143. The fourth-order valence-electron chi connectivity index (χ4n) is 2.23. The number of rotatable bonds is 5. The summed E-state index contributed by atoms with van der Waals surface area (Å²) in [7, 11) is 2.12. The quantitative estimate of drug-likeness (QED) is 0.738. The highest BCUT2D eigenvalue weighted by atomic mass is 16.4. The van der Waals surface area contributed by atoms with Gasteiger partial charge in [0.2, 0.25) is 0 Å². The molecule has 1 aliphatic heterocycles. The number of likely N-dealkylation sites (N-methyl/N-ethyl adjacent to an activating group) is 1. The lowest BCUT2D eigenvalue weighted by Crippen LogP contribution is -2.46. The Morgan fingerprint density at radius 3 is 2.75 bits per heavy atom. The Kier molecular flexibility index (Phi) is 5.22. The van der Waals surface area contributed by atoms with E-state index in [2.05, 4.69) is 17.3 Å². The van der Waals surface area contributed by atoms with Gasteiger partial charge in [-0.3, -0.25) is 4.79 Å². The van der Waals surface area contributed by atoms with Crippen LogP contribution < -0.4 is 5.32 Å². The fraction of sp³-hybridized carbons (Fsp3) is 0.917. The van der Waals surface area contributed by atoms with Gasteiger partial charge >= 0.3 is 5.97 Å². The van der Waals surface area contributed by atoms with E-state index < -0.39 is 5.97 Å². The molecular weight excluding hydrogens is 204 g/mol. The number of hydrogen-bond acceptors (Lipinski definition) is 3. The van der Waals surface area contributed by atoms with Crippen molar-refractivity contribution in [2.24, 2.45) is 11.8 Å². The van der Waals surface area contributed by atoms with Gasteiger partial charge in [-0.15, -0.1) is 0 Å². The summed E-state index contributed by atoms with van der Waals surface area (Å²) in [5, 5.41) is 12.5. The minimum atomic E-state index is -0.688. The first-order chi connectivity index (χ1) is 7.50. The third-order valence-electron chi connectivity index (χ3n) is 3.37. The summed E-state index contributed by atoms with van der Waals surface area (Å²) in [6.45, 7) is 6.71. The van der Waals surface area contributed by atoms with Gasteiger partial charge in [0.15, 0.2) is 0 Å². The van der Waals surface area contributed by atoms with Crippen LogP contribution in [0, 0.1) is 11.8 Å². The van der Waals surface area contributed by atoms with Gasteiger partial charge in [0.1, 0.15) is 0 Å². The monoisotopic (exact) mass is 228 g/mol. The zero-order valence-corrected chi connectivity index (χ0v) is 10.6. The second-order valence-corrected chi connectivity index (χ2v) is 5.20. The average Bonchev–Trinajstić information content (AvgIpc) is 2.16. The largest absolute Gasteiger partial charge is 0.481 e. The molecule has 1 rings (SSSR count). The standard InChI is InChI=1S/C12H24N2O2/c1-9(2)11(12(15)16)7-13-10-5-4-6-14(3)8-10/h9-11,13H,4-8H2,1-3H3,(H,15,16). The molecule has 1 heterocycles. The molecule has 4 nitrogen and oxygen atoms in total. The molecule has 0 spiro atoms. The molecule has 16 heavy (non-hydrogen) atoms. The zero-order chi connectivity index (χ0) is 12.1. The van der Waals surface area contributed by atoms with Crippen LogP contribution in [0.4, 0.5) is 0 Å². The number of carbonyl (C=O) groups is 1. The minimum Gasteiger partial charge on any atom is -0.481 e. The van der Waals surface area contributed by atoms with Gasteiger partial charge in [-0.05, 0) is 32.4 Å². The van der Waals surface area contributed by atoms with Crippen molar-refractivity contribution in [1.29, 1.82) is 0 Å². The third-order valence-corrected chi connectivity index (χ3v) is 3.37. The van der Waals surface area contributed by atoms with Crippen molar-refractivity contribution in [3.05, 3.63) is 0 Å². The van der Waals surface area contributed by atoms with Gasteiger partial charge in [-0.25, -0.2) is 0 Å². The van der Waals surface area contributed by atoms with Crippen LogP contribution in [0.2, 0.25) is 0 Å². The summed E-state index contributed by atoms with van der Waals surface area (Å²) in [5.41, 5.74) is 0. The average molecular weight is 228 g/mol. The van der Waals surface area contributed by atoms with Crippen LogP contribution in [0.5, 0.6) is 0 Å². The first-order valence-electron chi connectivity index (χ1n) is 6.15. The van der Waals surface area contributed by atoms with Crippen molar-refractivity contribution < 1.29 is 9.90 Å². The number of carboxylic acid groups (broad SMARTS) is 1. The Bertz CT molecular complexity index is 231. The molecule has 0 amide bonds. The van der Waals surface area contributed by atoms with E-state index in [1.807, 2.05) is 13.8 Å². The van der Waals surface area contributed by atoms with Crippen molar-refractivity contribution in [1.82, 2.24) is 10.2 Å². The minimum absolute atomic E-state index is 0.186. The van der Waals surface area contributed by atoms with Crippen LogP contribution in [0.25, 0.3) is 0 Å². The molecule has 2 atom stereocenters. The molecule has 1 fully saturated rings. The maximum Gasteiger partial charge on any atom is 0.308 e. The van der Waals surface area contributed by atoms with Crippen LogP contribution in [0.3, 0.4) is 0 Å². The highest BCUT2D eigenvalue weighted by Crippen LogP contribution is 2.12. The smallest absolute Gasteiger partial charge is 0.308 e. The van der Waals surface area contributed by atoms with Gasteiger partial charge in [0, 0.05) is 19.1 Å². The van der Waals surface area contributed by atoms with Gasteiger partial charge in [-0.2, -0.15) is 0 Å². The van der Waals surface area contributed by atoms with Crippen molar-refractivity contribution in [2.45, 2.75) is 32.7 Å². The second kappa shape index (κ2) is 6.21. The molecule has 4 heteroatoms. The summed E-state index contributed by atoms with van der Waals surface area (Å²) < 4.78 is 0. The Morgan fingerprint density at radius 1 is 1.56 bits per heavy atom. The van der Waals surface area contributed by atoms with Crippen LogP contribution >= 0.6 is 0 Å². The van der Waals surface area contributed by atoms with Crippen molar-refractivity contribution in [2.75, 3.05) is 26.7 Å². The summed E-state index contributed by atoms with van der Waals surface area (Å²) in [5.74, 6) is -0.773. The molecule has 0 aromatic rings. The molecule has 0 bridgehead atoms. The normalized spacial score (nSPS) is 24.6. The molecule has 1 aliphatic rings. The lowest BCUT2D eigenvalue weighted by Gasteiger charge is -2.31. The summed E-state index contributed by atoms with van der Waals surface area (Å²) in [4.78, 5) is 13.3. The molecule has 0 radical (unpaired) electrons. The highest BCUT2D eigenvalue weighted by molar-refractivity contribution is 5.70. The second-order valence-electron chi connectivity index (χ2n) is 5.20. The lowest BCUT2D eigenvalue weighted by atomic mass is 9.95. The Balaban J connectivity index is 2.34. The molecule has 0 aromatic heterocycles. The van der Waals surface area contributed by atoms with Crippen molar-refractivity contribution >= 4 is 5.97 Å².